The van der Waals surface area contributed by atoms with Gasteiger partial charge in [-0.1, -0.05) is 37.0 Å². The molecule has 1 aliphatic rings. The zero-order valence-corrected chi connectivity index (χ0v) is 14.0. The third kappa shape index (κ3) is 4.06. The van der Waals surface area contributed by atoms with Crippen molar-refractivity contribution >= 4 is 29.2 Å². The molecule has 0 bridgehead atoms. The van der Waals surface area contributed by atoms with E-state index in [1.165, 1.54) is 0 Å². The van der Waals surface area contributed by atoms with Gasteiger partial charge in [0.25, 0.3) is 0 Å². The molecule has 9 nitrogen and oxygen atoms in total. The van der Waals surface area contributed by atoms with Crippen LogP contribution in [0.1, 0.15) is 13.8 Å². The summed E-state index contributed by atoms with van der Waals surface area (Å²) in [6, 6.07) is -1.05. The van der Waals surface area contributed by atoms with Crippen molar-refractivity contribution in [3.05, 3.63) is 0 Å². The van der Waals surface area contributed by atoms with Gasteiger partial charge in [-0.2, -0.15) is 0 Å². The van der Waals surface area contributed by atoms with Crippen molar-refractivity contribution in [1.29, 1.82) is 0 Å². The molecule has 0 aromatic rings. The quantitative estimate of drug-likeness (QED) is 0.269. The van der Waals surface area contributed by atoms with Crippen LogP contribution in [0, 0.1) is 5.92 Å². The van der Waals surface area contributed by atoms with Crippen molar-refractivity contribution in [1.82, 2.24) is 5.06 Å². The Morgan fingerprint density at radius 1 is 1.13 bits per heavy atom. The molecule has 0 aromatic carbocycles. The van der Waals surface area contributed by atoms with E-state index in [0.29, 0.717) is 5.06 Å². The van der Waals surface area contributed by atoms with E-state index < -0.39 is 53.6 Å². The van der Waals surface area contributed by atoms with E-state index >= 15 is 0 Å². The summed E-state index contributed by atoms with van der Waals surface area (Å²) in [6.45, 7) is 2.40. The molecule has 1 saturated heterocycles. The van der Waals surface area contributed by atoms with Gasteiger partial charge in [0, 0.05) is 0 Å². The lowest BCUT2D eigenvalue weighted by atomic mass is 9.98. The molecule has 136 valence electrons. The molecule has 6 atom stereocenters. The summed E-state index contributed by atoms with van der Waals surface area (Å²) in [4.78, 5) is 16.5. The fourth-order valence-electron chi connectivity index (χ4n) is 2.29. The van der Waals surface area contributed by atoms with Gasteiger partial charge >= 0.3 is 5.97 Å². The van der Waals surface area contributed by atoms with Crippen LogP contribution in [0.25, 0.3) is 0 Å². The van der Waals surface area contributed by atoms with Crippen LogP contribution in [0.2, 0.25) is 0 Å². The minimum Gasteiger partial charge on any atom is -0.394 e. The molecular weight excluding hydrogens is 357 g/mol. The van der Waals surface area contributed by atoms with Crippen LogP contribution in [0.4, 0.5) is 0 Å². The Hall–Kier alpha value is -0.230. The van der Waals surface area contributed by atoms with E-state index in [1.807, 2.05) is 0 Å². The lowest BCUT2D eigenvalue weighted by Crippen LogP contribution is -2.57. The minimum atomic E-state index is -2.05. The van der Waals surface area contributed by atoms with E-state index in [4.69, 9.17) is 33.1 Å². The zero-order valence-electron chi connectivity index (χ0n) is 12.5. The molecule has 11 heteroatoms. The first-order chi connectivity index (χ1) is 10.5. The van der Waals surface area contributed by atoms with Crippen LogP contribution in [0.15, 0.2) is 0 Å². The van der Waals surface area contributed by atoms with Crippen LogP contribution < -0.4 is 0 Å². The zero-order chi connectivity index (χ0) is 18.1. The number of halogens is 2. The van der Waals surface area contributed by atoms with Gasteiger partial charge in [-0.25, -0.2) is 4.79 Å². The molecule has 0 aromatic heterocycles. The third-order valence-electron chi connectivity index (χ3n) is 3.58. The molecule has 1 fully saturated rings. The van der Waals surface area contributed by atoms with Crippen LogP contribution in [-0.2, 0) is 9.63 Å². The second-order valence-electron chi connectivity index (χ2n) is 5.69. The molecule has 0 amide bonds. The average molecular weight is 378 g/mol. The van der Waals surface area contributed by atoms with Gasteiger partial charge in [-0.05, 0) is 5.92 Å². The highest BCUT2D eigenvalue weighted by molar-refractivity contribution is 6.58. The second-order valence-corrected chi connectivity index (χ2v) is 7.07. The number of carbonyl (C=O) groups excluding carboxylic acids is 1. The largest absolute Gasteiger partial charge is 0.394 e. The number of hydrogen-bond acceptors (Lipinski definition) is 9. The van der Waals surface area contributed by atoms with Crippen molar-refractivity contribution < 1.29 is 40.3 Å². The van der Waals surface area contributed by atoms with E-state index in [9.17, 15) is 30.3 Å². The molecule has 0 spiro atoms. The monoisotopic (exact) mass is 377 g/mol. The summed E-state index contributed by atoms with van der Waals surface area (Å²) in [7, 11) is 0. The predicted octanol–water partition coefficient (Wildman–Crippen LogP) is -2.29. The molecule has 23 heavy (non-hydrogen) atoms. The first-order valence-electron chi connectivity index (χ1n) is 6.86. The van der Waals surface area contributed by atoms with Gasteiger partial charge in [-0.15, -0.1) is 5.06 Å². The molecule has 0 aliphatic carbocycles. The van der Waals surface area contributed by atoms with Crippen LogP contribution in [0.3, 0.4) is 0 Å². The second kappa shape index (κ2) is 7.77. The minimum absolute atomic E-state index is 0.386. The van der Waals surface area contributed by atoms with Gasteiger partial charge < -0.3 is 35.5 Å². The fourth-order valence-corrected chi connectivity index (χ4v) is 3.05. The molecule has 0 radical (unpaired) electrons. The maximum atomic E-state index is 11.7. The Kier molecular flexibility index (Phi) is 7.03. The van der Waals surface area contributed by atoms with Crippen molar-refractivity contribution in [2.24, 2.45) is 5.92 Å². The first kappa shape index (κ1) is 20.8. The van der Waals surface area contributed by atoms with Crippen molar-refractivity contribution in [3.63, 3.8) is 0 Å². The number of nitrogens with zero attached hydrogens (tertiary/aromatic N) is 1. The van der Waals surface area contributed by atoms with E-state index in [-0.39, 0.29) is 5.92 Å². The Bertz CT molecular complexity index is 424. The highest BCUT2D eigenvalue weighted by atomic mass is 35.5. The number of aliphatic hydroxyl groups is 6. The van der Waals surface area contributed by atoms with Gasteiger partial charge in [0.2, 0.25) is 4.33 Å². The van der Waals surface area contributed by atoms with Crippen molar-refractivity contribution in [3.8, 4) is 0 Å². The van der Waals surface area contributed by atoms with E-state index in [0.717, 1.165) is 0 Å². The van der Waals surface area contributed by atoms with Crippen LogP contribution >= 0.6 is 23.2 Å². The lowest BCUT2D eigenvalue weighted by Gasteiger charge is -2.35. The molecular formula is C12H21Cl2NO8. The maximum Gasteiger partial charge on any atom is 0.363 e. The van der Waals surface area contributed by atoms with Crippen LogP contribution in [-0.4, -0.2) is 89.3 Å². The van der Waals surface area contributed by atoms with Gasteiger partial charge in [0.1, 0.15) is 24.4 Å². The molecule has 1 heterocycles. The summed E-state index contributed by atoms with van der Waals surface area (Å²) in [5.41, 5.74) is 0. The smallest absolute Gasteiger partial charge is 0.363 e. The molecule has 0 saturated carbocycles. The highest BCUT2D eigenvalue weighted by Gasteiger charge is 2.59. The normalized spacial score (nSPS) is 28.3. The van der Waals surface area contributed by atoms with E-state index in [1.54, 1.807) is 13.8 Å². The SMILES string of the molecule is CC(C)[C@@H]1N([C@H](O)[C@H](O)[C@H](O)[C@@H](O)[C@H](O)CO)OC(=O)C1(Cl)Cl. The van der Waals surface area contributed by atoms with Crippen LogP contribution in [0.5, 0.6) is 0 Å². The highest BCUT2D eigenvalue weighted by Crippen LogP contribution is 2.41. The molecule has 0 unspecified atom stereocenters. The maximum absolute atomic E-state index is 11.7. The molecule has 1 rings (SSSR count). The van der Waals surface area contributed by atoms with Crippen molar-refractivity contribution in [2.45, 2.75) is 54.9 Å². The molecule has 1 aliphatic heterocycles. The Morgan fingerprint density at radius 2 is 1.65 bits per heavy atom. The molecule has 6 N–H and O–H groups in total. The fraction of sp³-hybridized carbons (Fsp3) is 0.917. The summed E-state index contributed by atoms with van der Waals surface area (Å²) in [6.07, 6.45) is -9.77. The Balaban J connectivity index is 2.94. The third-order valence-corrected chi connectivity index (χ3v) is 4.34. The number of hydroxylamine groups is 2. The summed E-state index contributed by atoms with van der Waals surface area (Å²) in [5.74, 6) is -1.44. The number of carbonyl (C=O) groups is 1. The number of hydrogen-bond donors (Lipinski definition) is 6. The van der Waals surface area contributed by atoms with Gasteiger partial charge in [-0.3, -0.25) is 0 Å². The van der Waals surface area contributed by atoms with Crippen molar-refractivity contribution in [2.75, 3.05) is 6.61 Å². The summed E-state index contributed by atoms with van der Waals surface area (Å²) >= 11 is 11.8. The number of alkyl halides is 2. The Morgan fingerprint density at radius 3 is 2.09 bits per heavy atom. The predicted molar refractivity (Wildman–Crippen MR) is 78.1 cm³/mol. The number of aliphatic hydroxyl groups excluding tert-OH is 6. The summed E-state index contributed by atoms with van der Waals surface area (Å²) in [5, 5.41) is 58.0. The Labute approximate surface area is 142 Å². The average Bonchev–Trinajstić information content (AvgIpc) is 2.73. The summed E-state index contributed by atoms with van der Waals surface area (Å²) < 4.78 is -2.00. The standard InChI is InChI=1S/C12H21Cl2NO8/c1-4(2)9-12(13,14)11(22)23-15(9)10(21)8(20)7(19)6(18)5(17)3-16/h4-10,16-21H,3H2,1-2H3/t5-,6+,7-,8-,9+,10-/m1/s1. The van der Waals surface area contributed by atoms with Gasteiger partial charge in [0.05, 0.1) is 12.6 Å². The van der Waals surface area contributed by atoms with Gasteiger partial charge in [0.15, 0.2) is 6.23 Å². The van der Waals surface area contributed by atoms with E-state index in [2.05, 4.69) is 0 Å². The number of rotatable bonds is 7. The first-order valence-corrected chi connectivity index (χ1v) is 7.62. The topological polar surface area (TPSA) is 151 Å². The lowest BCUT2D eigenvalue weighted by molar-refractivity contribution is -0.264.